The third-order valence-electron chi connectivity index (χ3n) is 8.77. The lowest BCUT2D eigenvalue weighted by Gasteiger charge is -2.62. The van der Waals surface area contributed by atoms with Crippen molar-refractivity contribution >= 4 is 35.6 Å². The number of carbonyl (C=O) groups is 2. The summed E-state index contributed by atoms with van der Waals surface area (Å²) in [4.78, 5) is 24.5. The van der Waals surface area contributed by atoms with Gasteiger partial charge in [0, 0.05) is 16.7 Å². The lowest BCUT2D eigenvalue weighted by atomic mass is 9.44. The van der Waals surface area contributed by atoms with E-state index in [1.807, 2.05) is 13.8 Å². The minimum Gasteiger partial charge on any atom is -0.390 e. The van der Waals surface area contributed by atoms with E-state index in [2.05, 4.69) is 0 Å². The van der Waals surface area contributed by atoms with Crippen LogP contribution in [0.15, 0.2) is 23.8 Å². The van der Waals surface area contributed by atoms with Gasteiger partial charge < -0.3 is 10.2 Å². The minimum absolute atomic E-state index is 0. The monoisotopic (exact) mass is 446 g/mol. The Bertz CT molecular complexity index is 813. The molecule has 29 heavy (non-hydrogen) atoms. The summed E-state index contributed by atoms with van der Waals surface area (Å²) in [5.41, 5.74) is -4.90. The second-order valence-electron chi connectivity index (χ2n) is 9.72. The molecule has 0 aromatic heterocycles. The smallest absolute Gasteiger partial charge is 0.179 e. The fourth-order valence-corrected chi connectivity index (χ4v) is 7.45. The number of aliphatic hydroxyl groups excluding tert-OH is 1. The normalized spacial score (nSPS) is 50.7. The van der Waals surface area contributed by atoms with Gasteiger partial charge in [0.05, 0.1) is 12.0 Å². The summed E-state index contributed by atoms with van der Waals surface area (Å²) >= 11 is 5.81. The summed E-state index contributed by atoms with van der Waals surface area (Å²) in [5.74, 6) is -2.03. The predicted octanol–water partition coefficient (Wildman–Crippen LogP) is 3.56. The second kappa shape index (κ2) is 6.88. The molecule has 0 heterocycles. The van der Waals surface area contributed by atoms with Crippen LogP contribution >= 0.6 is 24.0 Å². The summed E-state index contributed by atoms with van der Waals surface area (Å²) in [6, 6.07) is 0. The Labute approximate surface area is 182 Å². The highest BCUT2D eigenvalue weighted by molar-refractivity contribution is 6.29. The van der Waals surface area contributed by atoms with E-state index in [4.69, 9.17) is 11.6 Å². The quantitative estimate of drug-likeness (QED) is 0.635. The summed E-state index contributed by atoms with van der Waals surface area (Å²) in [5, 5.41) is 22.6. The van der Waals surface area contributed by atoms with E-state index in [1.54, 1.807) is 13.0 Å². The molecule has 0 spiro atoms. The number of allylic oxidation sites excluding steroid dienone is 4. The number of aliphatic hydroxyl groups is 2. The Morgan fingerprint density at radius 1 is 1.34 bits per heavy atom. The first kappa shape index (κ1) is 22.9. The number of carbonyl (C=O) groups excluding carboxylic acids is 2. The van der Waals surface area contributed by atoms with Crippen molar-refractivity contribution in [2.45, 2.75) is 63.8 Å². The summed E-state index contributed by atoms with van der Waals surface area (Å²) in [7, 11) is 0. The summed E-state index contributed by atoms with van der Waals surface area (Å²) < 4.78 is 16.9. The van der Waals surface area contributed by atoms with Gasteiger partial charge in [-0.05, 0) is 56.6 Å². The molecule has 0 aromatic rings. The number of Topliss-reactive ketones (excluding diaryl/α,β-unsaturated/α-hetero) is 1. The van der Waals surface area contributed by atoms with Gasteiger partial charge in [-0.15, -0.1) is 24.0 Å². The van der Waals surface area contributed by atoms with Gasteiger partial charge in [0.15, 0.2) is 17.2 Å². The minimum atomic E-state index is -1.95. The standard InChI is InChI=1S/C22H28ClFO4.ClH/c1-12-8-16-15-5-4-13-9-14(25)6-7-19(13,2)21(15,24)17(26)10-20(16,3)22(12,28)18(27)11-23;/h6-7,9,12,15-17,26,28H,4-5,8,10-11H2,1-3H3;1H/t12-,15-,16-,17-,19-,20-,21-,22-;/m0./s1. The lowest BCUT2D eigenvalue weighted by molar-refractivity contribution is -0.218. The molecule has 0 radical (unpaired) electrons. The van der Waals surface area contributed by atoms with E-state index >= 15 is 4.39 Å². The van der Waals surface area contributed by atoms with E-state index < -0.39 is 39.9 Å². The number of halogens is 3. The van der Waals surface area contributed by atoms with Crippen LogP contribution in [0.25, 0.3) is 0 Å². The number of rotatable bonds is 2. The Hall–Kier alpha value is -0.750. The molecule has 0 amide bonds. The van der Waals surface area contributed by atoms with Crippen molar-refractivity contribution in [1.82, 2.24) is 0 Å². The van der Waals surface area contributed by atoms with Crippen molar-refractivity contribution in [2.24, 2.45) is 28.6 Å². The zero-order valence-electron chi connectivity index (χ0n) is 17.0. The maximum Gasteiger partial charge on any atom is 0.179 e. The van der Waals surface area contributed by atoms with Crippen molar-refractivity contribution in [3.05, 3.63) is 23.8 Å². The van der Waals surface area contributed by atoms with E-state index in [9.17, 15) is 19.8 Å². The molecule has 0 saturated heterocycles. The SMILES string of the molecule is C[C@H]1C[C@H]2[C@@H]3CCC4=CC(=O)C=C[C@]4(C)[C@@]3(F)[C@@H](O)C[C@]2(C)[C@@]1(O)C(=O)CCl.Cl. The molecular formula is C22H29Cl2FO4. The van der Waals surface area contributed by atoms with Crippen LogP contribution in [0.3, 0.4) is 0 Å². The predicted molar refractivity (Wildman–Crippen MR) is 111 cm³/mol. The van der Waals surface area contributed by atoms with Gasteiger partial charge in [-0.2, -0.15) is 0 Å². The van der Waals surface area contributed by atoms with Crippen LogP contribution in [0.2, 0.25) is 0 Å². The van der Waals surface area contributed by atoms with Gasteiger partial charge in [-0.25, -0.2) is 4.39 Å². The van der Waals surface area contributed by atoms with Gasteiger partial charge in [0.1, 0.15) is 5.60 Å². The molecule has 0 aromatic carbocycles. The fraction of sp³-hybridized carbons (Fsp3) is 0.727. The Morgan fingerprint density at radius 3 is 2.62 bits per heavy atom. The summed E-state index contributed by atoms with van der Waals surface area (Å²) in [6.07, 6.45) is 4.69. The van der Waals surface area contributed by atoms with E-state index in [1.165, 1.54) is 12.2 Å². The molecule has 3 fully saturated rings. The number of hydrogen-bond donors (Lipinski definition) is 2. The molecule has 4 aliphatic carbocycles. The molecule has 4 rings (SSSR count). The third-order valence-corrected chi connectivity index (χ3v) is 9.01. The van der Waals surface area contributed by atoms with Crippen molar-refractivity contribution < 1.29 is 24.2 Å². The topological polar surface area (TPSA) is 74.6 Å². The average molecular weight is 447 g/mol. The molecule has 0 aliphatic heterocycles. The van der Waals surface area contributed by atoms with Crippen LogP contribution in [0.5, 0.6) is 0 Å². The molecule has 0 unspecified atom stereocenters. The van der Waals surface area contributed by atoms with Crippen molar-refractivity contribution in [2.75, 3.05) is 5.88 Å². The Kier molecular flexibility index (Phi) is 5.44. The lowest BCUT2D eigenvalue weighted by Crippen LogP contribution is -2.69. The first-order valence-electron chi connectivity index (χ1n) is 10.1. The largest absolute Gasteiger partial charge is 0.390 e. The molecule has 3 saturated carbocycles. The van der Waals surface area contributed by atoms with Crippen LogP contribution in [-0.4, -0.2) is 45.0 Å². The van der Waals surface area contributed by atoms with Crippen molar-refractivity contribution in [1.29, 1.82) is 0 Å². The molecule has 7 heteroatoms. The molecule has 4 aliphatic rings. The summed E-state index contributed by atoms with van der Waals surface area (Å²) in [6.45, 7) is 5.38. The molecule has 8 atom stereocenters. The van der Waals surface area contributed by atoms with Crippen LogP contribution < -0.4 is 0 Å². The number of ketones is 2. The second-order valence-corrected chi connectivity index (χ2v) is 9.99. The van der Waals surface area contributed by atoms with Gasteiger partial charge in [-0.3, -0.25) is 9.59 Å². The molecule has 2 N–H and O–H groups in total. The first-order chi connectivity index (χ1) is 13.0. The van der Waals surface area contributed by atoms with E-state index in [0.29, 0.717) is 19.3 Å². The van der Waals surface area contributed by atoms with Gasteiger partial charge in [-0.1, -0.05) is 25.5 Å². The molecule has 0 bridgehead atoms. The highest BCUT2D eigenvalue weighted by Gasteiger charge is 2.75. The number of hydrogen-bond acceptors (Lipinski definition) is 4. The van der Waals surface area contributed by atoms with E-state index in [0.717, 1.165) is 5.57 Å². The van der Waals surface area contributed by atoms with Crippen LogP contribution in [0, 0.1) is 28.6 Å². The van der Waals surface area contributed by atoms with Crippen LogP contribution in [0.1, 0.15) is 46.5 Å². The zero-order chi connectivity index (χ0) is 20.7. The fourth-order valence-electron chi connectivity index (χ4n) is 7.24. The van der Waals surface area contributed by atoms with Crippen LogP contribution in [0.4, 0.5) is 4.39 Å². The van der Waals surface area contributed by atoms with E-state index in [-0.39, 0.29) is 42.3 Å². The zero-order valence-corrected chi connectivity index (χ0v) is 18.5. The van der Waals surface area contributed by atoms with Crippen molar-refractivity contribution in [3.63, 3.8) is 0 Å². The number of alkyl halides is 2. The molecule has 162 valence electrons. The van der Waals surface area contributed by atoms with Gasteiger partial charge in [0.2, 0.25) is 0 Å². The third kappa shape index (κ3) is 2.51. The highest BCUT2D eigenvalue weighted by atomic mass is 35.5. The number of fused-ring (bicyclic) bond motifs is 5. The maximum atomic E-state index is 16.9. The average Bonchev–Trinajstić information content (AvgIpc) is 2.84. The highest BCUT2D eigenvalue weighted by Crippen LogP contribution is 2.70. The molecule has 4 nitrogen and oxygen atoms in total. The molecular weight excluding hydrogens is 418 g/mol. The Morgan fingerprint density at radius 2 is 2.00 bits per heavy atom. The maximum absolute atomic E-state index is 16.9. The van der Waals surface area contributed by atoms with Gasteiger partial charge >= 0.3 is 0 Å². The van der Waals surface area contributed by atoms with Gasteiger partial charge in [0.25, 0.3) is 0 Å². The van der Waals surface area contributed by atoms with Crippen LogP contribution in [-0.2, 0) is 9.59 Å². The first-order valence-corrected chi connectivity index (χ1v) is 10.6. The van der Waals surface area contributed by atoms with Crippen molar-refractivity contribution in [3.8, 4) is 0 Å². The Balaban J connectivity index is 0.00000240.